The van der Waals surface area contributed by atoms with Crippen molar-refractivity contribution >= 4 is 52.2 Å². The van der Waals surface area contributed by atoms with Crippen LogP contribution in [0.25, 0.3) is 6.08 Å². The first-order chi connectivity index (χ1) is 13.5. The Morgan fingerprint density at radius 2 is 1.68 bits per heavy atom. The molecule has 0 unspecified atom stereocenters. The lowest BCUT2D eigenvalue weighted by Crippen LogP contribution is -2.22. The highest BCUT2D eigenvalue weighted by molar-refractivity contribution is 8.26. The normalized spacial score (nSPS) is 15.8. The molecule has 0 aliphatic carbocycles. The molecule has 0 atom stereocenters. The monoisotopic (exact) mass is 413 g/mol. The standard InChI is InChI=1S/C21H20FN3OS2/c1-3-24(4-2)18-11-7-16(8-12-18)14-23-25-20(26)19(28-21(25)27)13-15-5-9-17(22)10-6-15/h5-14H,3-4H2,1-2H3/b19-13+,23-14+. The van der Waals surface area contributed by atoms with Crippen molar-refractivity contribution in [1.82, 2.24) is 5.01 Å². The quantitative estimate of drug-likeness (QED) is 0.383. The summed E-state index contributed by atoms with van der Waals surface area (Å²) in [6, 6.07) is 13.9. The smallest absolute Gasteiger partial charge is 0.286 e. The second-order valence-corrected chi connectivity index (χ2v) is 7.73. The zero-order valence-electron chi connectivity index (χ0n) is 15.6. The number of carbonyl (C=O) groups excluding carboxylic acids is 1. The second kappa shape index (κ2) is 9.12. The fourth-order valence-corrected chi connectivity index (χ4v) is 3.93. The molecule has 1 amide bonds. The molecule has 1 saturated heterocycles. The Bertz CT molecular complexity index is 920. The van der Waals surface area contributed by atoms with Gasteiger partial charge >= 0.3 is 0 Å². The van der Waals surface area contributed by atoms with Crippen molar-refractivity contribution in [3.63, 3.8) is 0 Å². The van der Waals surface area contributed by atoms with Crippen molar-refractivity contribution in [2.24, 2.45) is 5.10 Å². The zero-order chi connectivity index (χ0) is 20.1. The number of nitrogens with zero attached hydrogens (tertiary/aromatic N) is 3. The summed E-state index contributed by atoms with van der Waals surface area (Å²) in [7, 11) is 0. The first-order valence-electron chi connectivity index (χ1n) is 8.94. The first kappa shape index (κ1) is 20.2. The van der Waals surface area contributed by atoms with Crippen LogP contribution in [0, 0.1) is 5.82 Å². The van der Waals surface area contributed by atoms with E-state index in [1.54, 1.807) is 24.4 Å². The van der Waals surface area contributed by atoms with E-state index < -0.39 is 0 Å². The largest absolute Gasteiger partial charge is 0.372 e. The van der Waals surface area contributed by atoms with Crippen molar-refractivity contribution in [2.45, 2.75) is 13.8 Å². The van der Waals surface area contributed by atoms with Gasteiger partial charge in [0.15, 0.2) is 4.32 Å². The molecule has 1 aliphatic heterocycles. The number of hydrogen-bond acceptors (Lipinski definition) is 5. The van der Waals surface area contributed by atoms with E-state index >= 15 is 0 Å². The Kier molecular flexibility index (Phi) is 6.59. The SMILES string of the molecule is CCN(CC)c1ccc(/C=N/N2C(=O)/C(=C\c3ccc(F)cc3)SC2=S)cc1. The van der Waals surface area contributed by atoms with Crippen LogP contribution in [0.2, 0.25) is 0 Å². The Morgan fingerprint density at radius 3 is 2.29 bits per heavy atom. The lowest BCUT2D eigenvalue weighted by Gasteiger charge is -2.20. The summed E-state index contributed by atoms with van der Waals surface area (Å²) in [5.41, 5.74) is 2.76. The number of anilines is 1. The summed E-state index contributed by atoms with van der Waals surface area (Å²) in [6.45, 7) is 6.13. The van der Waals surface area contributed by atoms with Gasteiger partial charge in [0.2, 0.25) is 0 Å². The van der Waals surface area contributed by atoms with E-state index in [0.717, 1.165) is 29.9 Å². The van der Waals surface area contributed by atoms with Gasteiger partial charge in [0.1, 0.15) is 5.82 Å². The summed E-state index contributed by atoms with van der Waals surface area (Å²) < 4.78 is 13.4. The van der Waals surface area contributed by atoms with Crippen molar-refractivity contribution in [3.05, 3.63) is 70.4 Å². The topological polar surface area (TPSA) is 35.9 Å². The molecule has 2 aromatic rings. The van der Waals surface area contributed by atoms with E-state index in [0.29, 0.717) is 9.23 Å². The second-order valence-electron chi connectivity index (χ2n) is 6.05. The number of hydrogen-bond donors (Lipinski definition) is 0. The van der Waals surface area contributed by atoms with Crippen LogP contribution >= 0.6 is 24.0 Å². The lowest BCUT2D eigenvalue weighted by molar-refractivity contribution is -0.122. The minimum atomic E-state index is -0.318. The van der Waals surface area contributed by atoms with Gasteiger partial charge in [0.05, 0.1) is 11.1 Å². The third-order valence-corrected chi connectivity index (χ3v) is 5.57. The van der Waals surface area contributed by atoms with Crippen LogP contribution in [-0.4, -0.2) is 34.5 Å². The van der Waals surface area contributed by atoms with E-state index in [9.17, 15) is 9.18 Å². The van der Waals surface area contributed by atoms with E-state index in [2.05, 4.69) is 23.8 Å². The first-order valence-corrected chi connectivity index (χ1v) is 10.2. The highest BCUT2D eigenvalue weighted by atomic mass is 32.2. The van der Waals surface area contributed by atoms with Gasteiger partial charge in [0, 0.05) is 18.8 Å². The molecule has 1 fully saturated rings. The third-order valence-electron chi connectivity index (χ3n) is 4.29. The van der Waals surface area contributed by atoms with Crippen LogP contribution in [-0.2, 0) is 4.79 Å². The van der Waals surface area contributed by atoms with Crippen molar-refractivity contribution in [3.8, 4) is 0 Å². The molecular weight excluding hydrogens is 393 g/mol. The number of hydrazone groups is 1. The Morgan fingerprint density at radius 1 is 1.07 bits per heavy atom. The van der Waals surface area contributed by atoms with Gasteiger partial charge in [-0.25, -0.2) is 4.39 Å². The molecule has 3 rings (SSSR count). The number of carbonyl (C=O) groups is 1. The predicted molar refractivity (Wildman–Crippen MR) is 119 cm³/mol. The molecule has 28 heavy (non-hydrogen) atoms. The average molecular weight is 414 g/mol. The van der Waals surface area contributed by atoms with Gasteiger partial charge in [0.25, 0.3) is 5.91 Å². The average Bonchev–Trinajstić information content (AvgIpc) is 2.97. The highest BCUT2D eigenvalue weighted by Crippen LogP contribution is 2.32. The van der Waals surface area contributed by atoms with Crippen molar-refractivity contribution in [2.75, 3.05) is 18.0 Å². The maximum Gasteiger partial charge on any atom is 0.286 e. The predicted octanol–water partition coefficient (Wildman–Crippen LogP) is 4.91. The number of thioether (sulfide) groups is 1. The number of rotatable bonds is 6. The van der Waals surface area contributed by atoms with Gasteiger partial charge in [-0.1, -0.05) is 36.0 Å². The molecule has 0 radical (unpaired) electrons. The minimum Gasteiger partial charge on any atom is -0.372 e. The van der Waals surface area contributed by atoms with Crippen LogP contribution in [0.4, 0.5) is 10.1 Å². The fourth-order valence-electron chi connectivity index (χ4n) is 2.75. The fraction of sp³-hybridized carbons (Fsp3) is 0.190. The summed E-state index contributed by atoms with van der Waals surface area (Å²) in [5, 5.41) is 5.47. The van der Waals surface area contributed by atoms with Gasteiger partial charge in [-0.3, -0.25) is 4.79 Å². The van der Waals surface area contributed by atoms with Gasteiger partial charge < -0.3 is 4.90 Å². The Hall–Kier alpha value is -2.51. The molecule has 7 heteroatoms. The van der Waals surface area contributed by atoms with E-state index in [1.165, 1.54) is 28.9 Å². The molecular formula is C21H20FN3OS2. The number of amides is 1. The lowest BCUT2D eigenvalue weighted by atomic mass is 10.2. The molecule has 0 spiro atoms. The highest BCUT2D eigenvalue weighted by Gasteiger charge is 2.32. The Labute approximate surface area is 173 Å². The molecule has 4 nitrogen and oxygen atoms in total. The summed E-state index contributed by atoms with van der Waals surface area (Å²) in [6.07, 6.45) is 3.31. The van der Waals surface area contributed by atoms with Crippen molar-refractivity contribution < 1.29 is 9.18 Å². The molecule has 0 saturated carbocycles. The molecule has 1 aliphatic rings. The van der Waals surface area contributed by atoms with Crippen LogP contribution in [0.3, 0.4) is 0 Å². The van der Waals surface area contributed by atoms with Crippen LogP contribution < -0.4 is 4.90 Å². The van der Waals surface area contributed by atoms with E-state index in [1.807, 2.05) is 24.3 Å². The molecule has 144 valence electrons. The van der Waals surface area contributed by atoms with E-state index in [-0.39, 0.29) is 11.7 Å². The van der Waals surface area contributed by atoms with Crippen LogP contribution in [0.1, 0.15) is 25.0 Å². The summed E-state index contributed by atoms with van der Waals surface area (Å²) in [4.78, 5) is 15.3. The van der Waals surface area contributed by atoms with Crippen molar-refractivity contribution in [1.29, 1.82) is 0 Å². The van der Waals surface area contributed by atoms with Gasteiger partial charge in [-0.2, -0.15) is 10.1 Å². The number of halogens is 1. The maximum atomic E-state index is 13.0. The van der Waals surface area contributed by atoms with Gasteiger partial charge in [-0.15, -0.1) is 0 Å². The number of benzene rings is 2. The van der Waals surface area contributed by atoms with Gasteiger partial charge in [-0.05, 0) is 67.5 Å². The molecule has 2 aromatic carbocycles. The maximum absolute atomic E-state index is 13.0. The van der Waals surface area contributed by atoms with Crippen LogP contribution in [0.5, 0.6) is 0 Å². The van der Waals surface area contributed by atoms with Crippen LogP contribution in [0.15, 0.2) is 58.5 Å². The zero-order valence-corrected chi connectivity index (χ0v) is 17.3. The third kappa shape index (κ3) is 4.66. The number of thiocarbonyl (C=S) groups is 1. The Balaban J connectivity index is 1.72. The minimum absolute atomic E-state index is 0.282. The summed E-state index contributed by atoms with van der Waals surface area (Å²) in [5.74, 6) is -0.600. The molecule has 0 N–H and O–H groups in total. The summed E-state index contributed by atoms with van der Waals surface area (Å²) >= 11 is 6.46. The molecule has 0 aromatic heterocycles. The molecule has 1 heterocycles. The molecule has 0 bridgehead atoms. The van der Waals surface area contributed by atoms with E-state index in [4.69, 9.17) is 12.2 Å².